The Morgan fingerprint density at radius 2 is 1.94 bits per heavy atom. The lowest BCUT2D eigenvalue weighted by Gasteiger charge is -2.12. The van der Waals surface area contributed by atoms with Crippen molar-refractivity contribution in [3.63, 3.8) is 0 Å². The molecule has 1 N–H and O–H groups in total. The third kappa shape index (κ3) is 3.83. The smallest absolute Gasteiger partial charge is 0.264 e. The first-order valence-corrected chi connectivity index (χ1v) is 6.69. The number of ether oxygens (including phenoxy) is 1. The van der Waals surface area contributed by atoms with Gasteiger partial charge in [-0.1, -0.05) is 18.2 Å². The maximum atomic E-state index is 11.8. The first kappa shape index (κ1) is 13.7. The van der Waals surface area contributed by atoms with Crippen LogP contribution in [0.3, 0.4) is 0 Å². The molecule has 0 aliphatic carbocycles. The van der Waals surface area contributed by atoms with Crippen LogP contribution in [0, 0.1) is 0 Å². The molecule has 1 aromatic rings. The standard InChI is InChI=1S/C11H15NO4S/c1-3-16-9(2)11(13)12-17(14,15)10-7-5-4-6-8-10/h4-9H,3H2,1-2H3,(H,12,13). The van der Waals surface area contributed by atoms with Gasteiger partial charge in [0, 0.05) is 6.61 Å². The number of benzene rings is 1. The molecular weight excluding hydrogens is 242 g/mol. The molecule has 0 aromatic heterocycles. The van der Waals surface area contributed by atoms with Crippen molar-refractivity contribution >= 4 is 15.9 Å². The van der Waals surface area contributed by atoms with E-state index in [0.717, 1.165) is 0 Å². The van der Waals surface area contributed by atoms with Gasteiger partial charge >= 0.3 is 0 Å². The molecule has 1 rings (SSSR count). The Kier molecular flexibility index (Phi) is 4.65. The minimum absolute atomic E-state index is 0.0528. The first-order valence-electron chi connectivity index (χ1n) is 5.20. The van der Waals surface area contributed by atoms with Crippen LogP contribution in [0.15, 0.2) is 35.2 Å². The second-order valence-electron chi connectivity index (χ2n) is 3.38. The highest BCUT2D eigenvalue weighted by Crippen LogP contribution is 2.07. The fourth-order valence-corrected chi connectivity index (χ4v) is 2.26. The summed E-state index contributed by atoms with van der Waals surface area (Å²) in [6.45, 7) is 3.58. The largest absolute Gasteiger partial charge is 0.369 e. The van der Waals surface area contributed by atoms with Crippen molar-refractivity contribution in [1.29, 1.82) is 0 Å². The second kappa shape index (κ2) is 5.79. The van der Waals surface area contributed by atoms with Crippen LogP contribution < -0.4 is 4.72 Å². The Hall–Kier alpha value is -1.40. The monoisotopic (exact) mass is 257 g/mol. The van der Waals surface area contributed by atoms with Crippen molar-refractivity contribution < 1.29 is 17.9 Å². The van der Waals surface area contributed by atoms with E-state index in [4.69, 9.17) is 4.74 Å². The van der Waals surface area contributed by atoms with E-state index in [-0.39, 0.29) is 4.90 Å². The highest BCUT2D eigenvalue weighted by Gasteiger charge is 2.21. The minimum Gasteiger partial charge on any atom is -0.369 e. The summed E-state index contributed by atoms with van der Waals surface area (Å²) in [5.41, 5.74) is 0. The summed E-state index contributed by atoms with van der Waals surface area (Å²) in [5, 5.41) is 0. The van der Waals surface area contributed by atoms with Gasteiger partial charge in [0.1, 0.15) is 6.10 Å². The topological polar surface area (TPSA) is 72.5 Å². The zero-order chi connectivity index (χ0) is 12.9. The maximum Gasteiger partial charge on any atom is 0.264 e. The summed E-state index contributed by atoms with van der Waals surface area (Å²) in [4.78, 5) is 11.6. The molecule has 17 heavy (non-hydrogen) atoms. The van der Waals surface area contributed by atoms with Crippen molar-refractivity contribution in [2.75, 3.05) is 6.61 Å². The van der Waals surface area contributed by atoms with Crippen LogP contribution in [0.5, 0.6) is 0 Å². The molecule has 0 saturated carbocycles. The van der Waals surface area contributed by atoms with E-state index in [1.165, 1.54) is 19.1 Å². The van der Waals surface area contributed by atoms with Crippen molar-refractivity contribution in [1.82, 2.24) is 4.72 Å². The highest BCUT2D eigenvalue weighted by molar-refractivity contribution is 7.90. The van der Waals surface area contributed by atoms with Gasteiger partial charge < -0.3 is 4.74 Å². The Morgan fingerprint density at radius 1 is 1.35 bits per heavy atom. The van der Waals surface area contributed by atoms with Crippen LogP contribution in [0.25, 0.3) is 0 Å². The van der Waals surface area contributed by atoms with E-state index in [2.05, 4.69) is 0 Å². The molecule has 0 aliphatic heterocycles. The molecule has 0 fully saturated rings. The van der Waals surface area contributed by atoms with Crippen LogP contribution in [-0.4, -0.2) is 27.0 Å². The maximum absolute atomic E-state index is 11.8. The third-order valence-electron chi connectivity index (χ3n) is 2.07. The van der Waals surface area contributed by atoms with Crippen molar-refractivity contribution in [2.45, 2.75) is 24.8 Å². The molecule has 0 radical (unpaired) electrons. The van der Waals surface area contributed by atoms with Crippen molar-refractivity contribution in [3.05, 3.63) is 30.3 Å². The molecule has 94 valence electrons. The van der Waals surface area contributed by atoms with Crippen LogP contribution in [0.2, 0.25) is 0 Å². The molecular formula is C11H15NO4S. The van der Waals surface area contributed by atoms with Gasteiger partial charge in [-0.2, -0.15) is 0 Å². The van der Waals surface area contributed by atoms with Crippen LogP contribution >= 0.6 is 0 Å². The zero-order valence-electron chi connectivity index (χ0n) is 9.71. The summed E-state index contributed by atoms with van der Waals surface area (Å²) >= 11 is 0. The van der Waals surface area contributed by atoms with Gasteiger partial charge in [0.25, 0.3) is 15.9 Å². The van der Waals surface area contributed by atoms with Crippen LogP contribution in [0.1, 0.15) is 13.8 Å². The van der Waals surface area contributed by atoms with Crippen LogP contribution in [0.4, 0.5) is 0 Å². The number of hydrogen-bond donors (Lipinski definition) is 1. The Labute approximate surface area is 101 Å². The Morgan fingerprint density at radius 3 is 2.47 bits per heavy atom. The van der Waals surface area contributed by atoms with Gasteiger partial charge in [-0.25, -0.2) is 13.1 Å². The Bertz CT molecular complexity index is 470. The van der Waals surface area contributed by atoms with E-state index in [1.807, 2.05) is 4.72 Å². The van der Waals surface area contributed by atoms with E-state index in [1.54, 1.807) is 25.1 Å². The van der Waals surface area contributed by atoms with E-state index in [0.29, 0.717) is 6.61 Å². The fourth-order valence-electron chi connectivity index (χ4n) is 1.20. The Balaban J connectivity index is 2.78. The number of carbonyl (C=O) groups is 1. The van der Waals surface area contributed by atoms with Crippen molar-refractivity contribution in [2.24, 2.45) is 0 Å². The van der Waals surface area contributed by atoms with Crippen molar-refractivity contribution in [3.8, 4) is 0 Å². The number of nitrogens with one attached hydrogen (secondary N) is 1. The summed E-state index contributed by atoms with van der Waals surface area (Å²) < 4.78 is 30.5. The van der Waals surface area contributed by atoms with Crippen LogP contribution in [-0.2, 0) is 19.6 Å². The molecule has 1 unspecified atom stereocenters. The molecule has 5 nitrogen and oxygen atoms in total. The molecule has 0 bridgehead atoms. The predicted molar refractivity (Wildman–Crippen MR) is 62.9 cm³/mol. The minimum atomic E-state index is -3.80. The molecule has 1 aromatic carbocycles. The van der Waals surface area contributed by atoms with Gasteiger partial charge in [0.05, 0.1) is 4.90 Å². The lowest BCUT2D eigenvalue weighted by Crippen LogP contribution is -2.38. The van der Waals surface area contributed by atoms with E-state index < -0.39 is 22.0 Å². The van der Waals surface area contributed by atoms with E-state index in [9.17, 15) is 13.2 Å². The quantitative estimate of drug-likeness (QED) is 0.851. The molecule has 1 amide bonds. The highest BCUT2D eigenvalue weighted by atomic mass is 32.2. The molecule has 0 spiro atoms. The summed E-state index contributed by atoms with van der Waals surface area (Å²) in [6, 6.07) is 7.71. The number of hydrogen-bond acceptors (Lipinski definition) is 4. The van der Waals surface area contributed by atoms with Gasteiger partial charge in [0.2, 0.25) is 0 Å². The summed E-state index contributed by atoms with van der Waals surface area (Å²) in [5.74, 6) is -0.671. The summed E-state index contributed by atoms with van der Waals surface area (Å²) in [7, 11) is -3.80. The third-order valence-corrected chi connectivity index (χ3v) is 3.44. The number of sulfonamides is 1. The molecule has 0 saturated heterocycles. The lowest BCUT2D eigenvalue weighted by atomic mass is 10.4. The van der Waals surface area contributed by atoms with Gasteiger partial charge in [-0.15, -0.1) is 0 Å². The van der Waals surface area contributed by atoms with E-state index >= 15 is 0 Å². The predicted octanol–water partition coefficient (Wildman–Crippen LogP) is 0.916. The number of carbonyl (C=O) groups excluding carboxylic acids is 1. The molecule has 6 heteroatoms. The van der Waals surface area contributed by atoms with Gasteiger partial charge in [-0.3, -0.25) is 4.79 Å². The number of amides is 1. The molecule has 1 atom stereocenters. The molecule has 0 heterocycles. The summed E-state index contributed by atoms with van der Waals surface area (Å²) in [6.07, 6.45) is -0.793. The van der Waals surface area contributed by atoms with Gasteiger partial charge in [-0.05, 0) is 26.0 Å². The SMILES string of the molecule is CCOC(C)C(=O)NS(=O)(=O)c1ccccc1. The average Bonchev–Trinajstić information content (AvgIpc) is 2.30. The second-order valence-corrected chi connectivity index (χ2v) is 5.06. The molecule has 0 aliphatic rings. The normalized spacial score (nSPS) is 13.1. The average molecular weight is 257 g/mol. The fraction of sp³-hybridized carbons (Fsp3) is 0.364. The lowest BCUT2D eigenvalue weighted by molar-refractivity contribution is -0.129. The van der Waals surface area contributed by atoms with Gasteiger partial charge in [0.15, 0.2) is 0 Å². The zero-order valence-corrected chi connectivity index (χ0v) is 10.5. The number of rotatable bonds is 5. The first-order chi connectivity index (χ1) is 7.97.